The minimum absolute atomic E-state index is 0.0491. The standard InChI is InChI=1S/C12H19N3O4S/c1-7-9(11(20-3)15-12(18)13-7)10(17)14-8(4-5-16)6-19-2/h8,16H,4-6H2,1-3H3,(H,14,17)(H,13,15,18). The monoisotopic (exact) mass is 301 g/mol. The number of carbonyl (C=O) groups excluding carboxylic acids is 1. The number of rotatable bonds is 7. The maximum absolute atomic E-state index is 12.3. The van der Waals surface area contributed by atoms with Crippen LogP contribution in [0.25, 0.3) is 0 Å². The molecule has 20 heavy (non-hydrogen) atoms. The highest BCUT2D eigenvalue weighted by Gasteiger charge is 2.20. The Morgan fingerprint density at radius 1 is 1.60 bits per heavy atom. The predicted molar refractivity (Wildman–Crippen MR) is 76.2 cm³/mol. The van der Waals surface area contributed by atoms with Gasteiger partial charge in [-0.1, -0.05) is 0 Å². The first-order valence-electron chi connectivity index (χ1n) is 6.09. The second-order valence-corrected chi connectivity index (χ2v) is 4.98. The van der Waals surface area contributed by atoms with Gasteiger partial charge in [0.15, 0.2) is 0 Å². The molecule has 3 N–H and O–H groups in total. The van der Waals surface area contributed by atoms with Gasteiger partial charge in [0.25, 0.3) is 5.91 Å². The van der Waals surface area contributed by atoms with Crippen molar-refractivity contribution in [1.29, 1.82) is 0 Å². The summed E-state index contributed by atoms with van der Waals surface area (Å²) in [7, 11) is 1.52. The van der Waals surface area contributed by atoms with Crippen LogP contribution in [-0.4, -0.2) is 53.6 Å². The average molecular weight is 301 g/mol. The van der Waals surface area contributed by atoms with Crippen LogP contribution in [-0.2, 0) is 4.74 Å². The van der Waals surface area contributed by atoms with E-state index in [2.05, 4.69) is 15.3 Å². The van der Waals surface area contributed by atoms with Crippen molar-refractivity contribution in [3.8, 4) is 0 Å². The van der Waals surface area contributed by atoms with Crippen molar-refractivity contribution < 1.29 is 14.6 Å². The summed E-state index contributed by atoms with van der Waals surface area (Å²) in [5.41, 5.74) is 0.329. The number of H-pyrrole nitrogens is 1. The van der Waals surface area contributed by atoms with Crippen molar-refractivity contribution >= 4 is 17.7 Å². The molecule has 1 atom stereocenters. The lowest BCUT2D eigenvalue weighted by Gasteiger charge is -2.18. The summed E-state index contributed by atoms with van der Waals surface area (Å²) in [4.78, 5) is 29.9. The molecular weight excluding hydrogens is 282 g/mol. The molecule has 0 aliphatic carbocycles. The van der Waals surface area contributed by atoms with E-state index in [-0.39, 0.29) is 18.6 Å². The molecule has 8 heteroatoms. The van der Waals surface area contributed by atoms with E-state index in [1.807, 2.05) is 0 Å². The van der Waals surface area contributed by atoms with Gasteiger partial charge in [-0.15, -0.1) is 11.8 Å². The Labute approximate surface area is 121 Å². The maximum atomic E-state index is 12.3. The highest BCUT2D eigenvalue weighted by molar-refractivity contribution is 7.98. The summed E-state index contributed by atoms with van der Waals surface area (Å²) in [6.45, 7) is 1.90. The van der Waals surface area contributed by atoms with Gasteiger partial charge in [0.05, 0.1) is 18.2 Å². The third kappa shape index (κ3) is 4.32. The maximum Gasteiger partial charge on any atom is 0.346 e. The van der Waals surface area contributed by atoms with Gasteiger partial charge in [0.2, 0.25) is 0 Å². The van der Waals surface area contributed by atoms with Crippen LogP contribution in [0.5, 0.6) is 0 Å². The molecule has 0 aliphatic rings. The average Bonchev–Trinajstić information content (AvgIpc) is 2.37. The van der Waals surface area contributed by atoms with E-state index in [9.17, 15) is 9.59 Å². The number of hydrogen-bond acceptors (Lipinski definition) is 6. The number of carbonyl (C=O) groups is 1. The predicted octanol–water partition coefficient (Wildman–Crippen LogP) is -0.0726. The molecule has 0 bridgehead atoms. The third-order valence-electron chi connectivity index (χ3n) is 2.69. The number of thioether (sulfide) groups is 1. The van der Waals surface area contributed by atoms with Crippen LogP contribution in [0.1, 0.15) is 22.5 Å². The lowest BCUT2D eigenvalue weighted by Crippen LogP contribution is -2.39. The highest BCUT2D eigenvalue weighted by Crippen LogP contribution is 2.18. The zero-order valence-corrected chi connectivity index (χ0v) is 12.5. The van der Waals surface area contributed by atoms with E-state index in [4.69, 9.17) is 9.84 Å². The zero-order chi connectivity index (χ0) is 15.1. The number of aromatic amines is 1. The largest absolute Gasteiger partial charge is 0.396 e. The second kappa shape index (κ2) is 8.03. The first-order chi connectivity index (χ1) is 9.53. The van der Waals surface area contributed by atoms with E-state index in [0.29, 0.717) is 29.3 Å². The minimum Gasteiger partial charge on any atom is -0.396 e. The van der Waals surface area contributed by atoms with E-state index in [1.165, 1.54) is 18.9 Å². The Kier molecular flexibility index (Phi) is 6.69. The van der Waals surface area contributed by atoms with Crippen LogP contribution in [0.3, 0.4) is 0 Å². The zero-order valence-electron chi connectivity index (χ0n) is 11.7. The van der Waals surface area contributed by atoms with Crippen molar-refractivity contribution in [2.24, 2.45) is 0 Å². The van der Waals surface area contributed by atoms with Gasteiger partial charge in [-0.3, -0.25) is 4.79 Å². The van der Waals surface area contributed by atoms with Gasteiger partial charge in [-0.05, 0) is 19.6 Å². The summed E-state index contributed by atoms with van der Waals surface area (Å²) < 4.78 is 4.99. The quantitative estimate of drug-likeness (QED) is 0.481. The third-order valence-corrected chi connectivity index (χ3v) is 3.37. The van der Waals surface area contributed by atoms with Crippen molar-refractivity contribution in [2.75, 3.05) is 26.6 Å². The van der Waals surface area contributed by atoms with E-state index in [0.717, 1.165) is 0 Å². The molecule has 0 spiro atoms. The number of aliphatic hydroxyl groups is 1. The Hall–Kier alpha value is -1.38. The fourth-order valence-electron chi connectivity index (χ4n) is 1.79. The van der Waals surface area contributed by atoms with Crippen LogP contribution in [0.4, 0.5) is 0 Å². The van der Waals surface area contributed by atoms with Crippen LogP contribution < -0.4 is 11.0 Å². The van der Waals surface area contributed by atoms with Gasteiger partial charge >= 0.3 is 5.69 Å². The first kappa shape index (κ1) is 16.7. The van der Waals surface area contributed by atoms with E-state index >= 15 is 0 Å². The smallest absolute Gasteiger partial charge is 0.346 e. The fraction of sp³-hybridized carbons (Fsp3) is 0.583. The van der Waals surface area contributed by atoms with Gasteiger partial charge in [-0.2, -0.15) is 4.98 Å². The topological polar surface area (TPSA) is 104 Å². The number of aliphatic hydroxyl groups excluding tert-OH is 1. The number of nitrogens with zero attached hydrogens (tertiary/aromatic N) is 1. The van der Waals surface area contributed by atoms with Gasteiger partial charge < -0.3 is 20.1 Å². The SMILES string of the molecule is COCC(CCO)NC(=O)c1c(SC)nc(=O)[nH]c1C. The molecule has 0 saturated carbocycles. The molecule has 0 saturated heterocycles. The lowest BCUT2D eigenvalue weighted by atomic mass is 10.2. The second-order valence-electron chi connectivity index (χ2n) is 4.19. The van der Waals surface area contributed by atoms with Gasteiger partial charge in [-0.25, -0.2) is 4.79 Å². The number of amides is 1. The van der Waals surface area contributed by atoms with E-state index in [1.54, 1.807) is 13.2 Å². The molecule has 1 aromatic heterocycles. The Bertz CT molecular complexity index is 512. The number of aryl methyl sites for hydroxylation is 1. The summed E-state index contributed by atoms with van der Waals surface area (Å²) in [6, 6.07) is -0.293. The summed E-state index contributed by atoms with van der Waals surface area (Å²) >= 11 is 1.23. The van der Waals surface area contributed by atoms with Crippen LogP contribution in [0.15, 0.2) is 9.82 Å². The molecule has 1 aromatic rings. The first-order valence-corrected chi connectivity index (χ1v) is 7.31. The van der Waals surface area contributed by atoms with Gasteiger partial charge in [0.1, 0.15) is 5.03 Å². The molecule has 0 radical (unpaired) electrons. The molecule has 0 aromatic carbocycles. The van der Waals surface area contributed by atoms with Crippen molar-refractivity contribution in [2.45, 2.75) is 24.4 Å². The molecule has 1 unspecified atom stereocenters. The summed E-state index contributed by atoms with van der Waals surface area (Å²) in [5, 5.41) is 12.1. The molecule has 1 rings (SSSR count). The minimum atomic E-state index is -0.479. The molecular formula is C12H19N3O4S. The molecule has 112 valence electrons. The van der Waals surface area contributed by atoms with Crippen molar-refractivity contribution in [3.63, 3.8) is 0 Å². The van der Waals surface area contributed by atoms with Crippen LogP contribution in [0, 0.1) is 6.92 Å². The fourth-order valence-corrected chi connectivity index (χ4v) is 2.41. The highest BCUT2D eigenvalue weighted by atomic mass is 32.2. The van der Waals surface area contributed by atoms with E-state index < -0.39 is 5.69 Å². The Morgan fingerprint density at radius 3 is 2.85 bits per heavy atom. The van der Waals surface area contributed by atoms with Crippen LogP contribution >= 0.6 is 11.8 Å². The Morgan fingerprint density at radius 2 is 2.30 bits per heavy atom. The lowest BCUT2D eigenvalue weighted by molar-refractivity contribution is 0.0874. The number of ether oxygens (including phenoxy) is 1. The van der Waals surface area contributed by atoms with Crippen molar-refractivity contribution in [3.05, 3.63) is 21.7 Å². The molecule has 1 heterocycles. The number of aromatic nitrogens is 2. The molecule has 0 aliphatic heterocycles. The van der Waals surface area contributed by atoms with Gasteiger partial charge in [0, 0.05) is 19.4 Å². The van der Waals surface area contributed by atoms with Crippen molar-refractivity contribution in [1.82, 2.24) is 15.3 Å². The Balaban J connectivity index is 2.99. The van der Waals surface area contributed by atoms with Crippen LogP contribution in [0.2, 0.25) is 0 Å². The molecule has 0 fully saturated rings. The molecule has 1 amide bonds. The normalized spacial score (nSPS) is 12.2. The number of hydrogen-bond donors (Lipinski definition) is 3. The number of methoxy groups -OCH3 is 1. The summed E-state index contributed by atoms with van der Waals surface area (Å²) in [6.07, 6.45) is 2.14. The molecule has 7 nitrogen and oxygen atoms in total. The summed E-state index contributed by atoms with van der Waals surface area (Å²) in [5.74, 6) is -0.342. The number of nitrogens with one attached hydrogen (secondary N) is 2.